The van der Waals surface area contributed by atoms with Crippen LogP contribution in [0, 0.1) is 0 Å². The van der Waals surface area contributed by atoms with Crippen LogP contribution in [0.1, 0.15) is 50.7 Å². The number of hydrogen-bond acceptors (Lipinski definition) is 2. The van der Waals surface area contributed by atoms with Gasteiger partial charge in [-0.1, -0.05) is 50.3 Å². The highest BCUT2D eigenvalue weighted by atomic mass is 16.4. The van der Waals surface area contributed by atoms with Crippen LogP contribution in [0.15, 0.2) is 30.3 Å². The number of carbonyl (C=O) groups excluding carboxylic acids is 1. The number of nitrogens with one attached hydrogen (secondary N) is 1. The van der Waals surface area contributed by atoms with E-state index in [2.05, 4.69) is 31.3 Å². The van der Waals surface area contributed by atoms with E-state index in [1.54, 1.807) is 13.0 Å². The van der Waals surface area contributed by atoms with Crippen LogP contribution in [0.4, 0.5) is 0 Å². The maximum absolute atomic E-state index is 11.6. The molecule has 0 aromatic heterocycles. The smallest absolute Gasteiger partial charge is 0.305 e. The minimum atomic E-state index is -0.913. The number of benzene rings is 1. The highest BCUT2D eigenvalue weighted by Crippen LogP contribution is 2.15. The lowest BCUT2D eigenvalue weighted by Gasteiger charge is -2.10. The largest absolute Gasteiger partial charge is 0.481 e. The van der Waals surface area contributed by atoms with Gasteiger partial charge in [0.05, 0.1) is 6.42 Å². The fraction of sp³-hybridized carbons (Fsp3) is 0.412. The number of aliphatic carboxylic acids is 1. The third kappa shape index (κ3) is 6.75. The average molecular weight is 289 g/mol. The molecule has 0 heterocycles. The molecule has 0 spiro atoms. The van der Waals surface area contributed by atoms with Crippen LogP contribution in [-0.2, 0) is 9.59 Å². The molecule has 1 atom stereocenters. The molecule has 0 aliphatic carbocycles. The summed E-state index contributed by atoms with van der Waals surface area (Å²) in [6, 6.07) is 7.86. The Labute approximate surface area is 125 Å². The second kappa shape index (κ2) is 8.25. The maximum Gasteiger partial charge on any atom is 0.305 e. The first-order valence-corrected chi connectivity index (χ1v) is 7.16. The minimum Gasteiger partial charge on any atom is -0.481 e. The average Bonchev–Trinajstić information content (AvgIpc) is 2.38. The standard InChI is InChI=1S/C17H23NO3/c1-12(2)15-9-7-14(8-10-15)5-4-6-16(19)18-13(3)11-17(20)21/h4-5,7-10,12-13H,6,11H2,1-3H3,(H,18,19)(H,20,21)/b5-4+. The van der Waals surface area contributed by atoms with Crippen molar-refractivity contribution in [3.63, 3.8) is 0 Å². The zero-order valence-corrected chi connectivity index (χ0v) is 12.8. The van der Waals surface area contributed by atoms with E-state index >= 15 is 0 Å². The van der Waals surface area contributed by atoms with E-state index in [0.29, 0.717) is 5.92 Å². The predicted molar refractivity (Wildman–Crippen MR) is 84.0 cm³/mol. The van der Waals surface area contributed by atoms with Crippen LogP contribution < -0.4 is 5.32 Å². The molecule has 1 unspecified atom stereocenters. The number of carboxylic acids is 1. The van der Waals surface area contributed by atoms with Gasteiger partial charge in [-0.2, -0.15) is 0 Å². The van der Waals surface area contributed by atoms with Crippen LogP contribution in [0.5, 0.6) is 0 Å². The van der Waals surface area contributed by atoms with E-state index in [0.717, 1.165) is 5.56 Å². The molecule has 114 valence electrons. The highest BCUT2D eigenvalue weighted by Gasteiger charge is 2.09. The summed E-state index contributed by atoms with van der Waals surface area (Å²) in [6.45, 7) is 5.97. The molecule has 21 heavy (non-hydrogen) atoms. The molecule has 0 saturated heterocycles. The third-order valence-corrected chi connectivity index (χ3v) is 3.10. The minimum absolute atomic E-state index is 0.0634. The fourth-order valence-electron chi connectivity index (χ4n) is 1.94. The normalized spacial score (nSPS) is 12.6. The first-order chi connectivity index (χ1) is 9.88. The van der Waals surface area contributed by atoms with Gasteiger partial charge < -0.3 is 10.4 Å². The summed E-state index contributed by atoms with van der Waals surface area (Å²) in [4.78, 5) is 22.1. The number of amides is 1. The summed E-state index contributed by atoms with van der Waals surface area (Å²) in [5.41, 5.74) is 2.33. The van der Waals surface area contributed by atoms with Gasteiger partial charge in [0.15, 0.2) is 0 Å². The maximum atomic E-state index is 11.6. The van der Waals surface area contributed by atoms with Crippen molar-refractivity contribution >= 4 is 18.0 Å². The summed E-state index contributed by atoms with van der Waals surface area (Å²) >= 11 is 0. The molecule has 4 heteroatoms. The van der Waals surface area contributed by atoms with Gasteiger partial charge in [0, 0.05) is 12.5 Å². The van der Waals surface area contributed by atoms with Gasteiger partial charge in [-0.25, -0.2) is 0 Å². The lowest BCUT2D eigenvalue weighted by atomic mass is 10.0. The van der Waals surface area contributed by atoms with E-state index in [4.69, 9.17) is 5.11 Å². The summed E-state index contributed by atoms with van der Waals surface area (Å²) in [6.07, 6.45) is 3.86. The Morgan fingerprint density at radius 1 is 1.19 bits per heavy atom. The summed E-state index contributed by atoms with van der Waals surface area (Å²) in [5.74, 6) is -0.577. The molecule has 0 aliphatic heterocycles. The Morgan fingerprint density at radius 2 is 1.81 bits per heavy atom. The van der Waals surface area contributed by atoms with Crippen LogP contribution in [0.25, 0.3) is 6.08 Å². The Kier molecular flexibility index (Phi) is 6.66. The predicted octanol–water partition coefficient (Wildman–Crippen LogP) is 3.19. The van der Waals surface area contributed by atoms with Crippen LogP contribution >= 0.6 is 0 Å². The van der Waals surface area contributed by atoms with Crippen LogP contribution in [-0.4, -0.2) is 23.0 Å². The molecular weight excluding hydrogens is 266 g/mol. The van der Waals surface area contributed by atoms with Gasteiger partial charge in [0.2, 0.25) is 5.91 Å². The van der Waals surface area contributed by atoms with Crippen molar-refractivity contribution in [2.75, 3.05) is 0 Å². The van der Waals surface area contributed by atoms with Crippen molar-refractivity contribution in [3.05, 3.63) is 41.5 Å². The molecular formula is C17H23NO3. The molecule has 0 radical (unpaired) electrons. The summed E-state index contributed by atoms with van der Waals surface area (Å²) in [7, 11) is 0. The Bertz CT molecular complexity index is 503. The molecule has 1 aromatic carbocycles. The first-order valence-electron chi connectivity index (χ1n) is 7.16. The lowest BCUT2D eigenvalue weighted by Crippen LogP contribution is -2.33. The molecule has 1 amide bonds. The van der Waals surface area contributed by atoms with Crippen LogP contribution in [0.2, 0.25) is 0 Å². The van der Waals surface area contributed by atoms with Crippen molar-refractivity contribution in [3.8, 4) is 0 Å². The van der Waals surface area contributed by atoms with Crippen LogP contribution in [0.3, 0.4) is 0 Å². The van der Waals surface area contributed by atoms with E-state index in [1.165, 1.54) is 5.56 Å². The molecule has 0 aliphatic rings. The SMILES string of the molecule is CC(CC(=O)O)NC(=O)C/C=C/c1ccc(C(C)C)cc1. The van der Waals surface area contributed by atoms with Crippen molar-refractivity contribution in [1.82, 2.24) is 5.32 Å². The number of carboxylic acid groups (broad SMARTS) is 1. The Hall–Kier alpha value is -2.10. The van der Waals surface area contributed by atoms with Crippen molar-refractivity contribution in [2.45, 2.75) is 45.6 Å². The quantitative estimate of drug-likeness (QED) is 0.810. The second-order valence-electron chi connectivity index (χ2n) is 5.49. The topological polar surface area (TPSA) is 66.4 Å². The number of rotatable bonds is 7. The molecule has 0 fully saturated rings. The zero-order chi connectivity index (χ0) is 15.8. The van der Waals surface area contributed by atoms with Crippen molar-refractivity contribution in [1.29, 1.82) is 0 Å². The molecule has 2 N–H and O–H groups in total. The van der Waals surface area contributed by atoms with E-state index < -0.39 is 5.97 Å². The lowest BCUT2D eigenvalue weighted by molar-refractivity contribution is -0.137. The van der Waals surface area contributed by atoms with Gasteiger partial charge in [0.25, 0.3) is 0 Å². The highest BCUT2D eigenvalue weighted by molar-refractivity contribution is 5.79. The van der Waals surface area contributed by atoms with E-state index in [9.17, 15) is 9.59 Å². The van der Waals surface area contributed by atoms with Gasteiger partial charge >= 0.3 is 5.97 Å². The number of hydrogen-bond donors (Lipinski definition) is 2. The Balaban J connectivity index is 2.43. The molecule has 0 bridgehead atoms. The fourth-order valence-corrected chi connectivity index (χ4v) is 1.94. The molecule has 4 nitrogen and oxygen atoms in total. The summed E-state index contributed by atoms with van der Waals surface area (Å²) < 4.78 is 0. The van der Waals surface area contributed by atoms with Crippen molar-refractivity contribution < 1.29 is 14.7 Å². The van der Waals surface area contributed by atoms with E-state index in [-0.39, 0.29) is 24.8 Å². The van der Waals surface area contributed by atoms with Crippen molar-refractivity contribution in [2.24, 2.45) is 0 Å². The van der Waals surface area contributed by atoms with Gasteiger partial charge in [0.1, 0.15) is 0 Å². The van der Waals surface area contributed by atoms with Gasteiger partial charge in [-0.05, 0) is 24.0 Å². The first kappa shape index (κ1) is 17.0. The zero-order valence-electron chi connectivity index (χ0n) is 12.8. The third-order valence-electron chi connectivity index (χ3n) is 3.10. The Morgan fingerprint density at radius 3 is 2.33 bits per heavy atom. The monoisotopic (exact) mass is 289 g/mol. The molecule has 1 rings (SSSR count). The molecule has 1 aromatic rings. The second-order valence-corrected chi connectivity index (χ2v) is 5.49. The van der Waals surface area contributed by atoms with E-state index in [1.807, 2.05) is 18.2 Å². The molecule has 0 saturated carbocycles. The van der Waals surface area contributed by atoms with Gasteiger partial charge in [-0.15, -0.1) is 0 Å². The van der Waals surface area contributed by atoms with Gasteiger partial charge in [-0.3, -0.25) is 9.59 Å². The summed E-state index contributed by atoms with van der Waals surface area (Å²) in [5, 5.41) is 11.3. The number of carbonyl (C=O) groups is 2.